The summed E-state index contributed by atoms with van der Waals surface area (Å²) < 4.78 is 30.3. The maximum Gasteiger partial charge on any atom is 0.410 e. The Hall–Kier alpha value is -4.71. The minimum atomic E-state index is -2.62. The number of hydrogen-bond donors (Lipinski definition) is 0. The van der Waals surface area contributed by atoms with Crippen LogP contribution in [-0.4, -0.2) is 64.9 Å². The number of hydrogen-bond acceptors (Lipinski definition) is 8. The average molecular weight is 876 g/mol. The van der Waals surface area contributed by atoms with E-state index < -0.39 is 13.9 Å². The van der Waals surface area contributed by atoms with Crippen LogP contribution in [0.25, 0.3) is 20.2 Å². The van der Waals surface area contributed by atoms with Crippen molar-refractivity contribution in [2.75, 3.05) is 40.0 Å². The first kappa shape index (κ1) is 45.8. The standard InChI is InChI=1S/C51H61NO6S2Si/c1-38-36-41(30-34-57-61(51(5,6)7,44-16-11-9-12-17-44)45-18-13-10-14-19-45)48(59-38)47-29-28-46(60-47)40-22-26-43(27-23-40)56-35-32-52(49(53)58-50(2,3)4)31-15-33-55-37-39-20-24-42(54-8)25-21-39/h9-14,16-29,36H,15,30-35,37H2,1-8H3. The molecule has 4 aromatic carbocycles. The molecule has 2 aromatic heterocycles. The van der Waals surface area contributed by atoms with Gasteiger partial charge in [0.25, 0.3) is 8.32 Å². The van der Waals surface area contributed by atoms with Crippen LogP contribution in [0.4, 0.5) is 4.79 Å². The van der Waals surface area contributed by atoms with E-state index in [1.54, 1.807) is 12.0 Å². The molecule has 0 N–H and O–H groups in total. The lowest BCUT2D eigenvalue weighted by Gasteiger charge is -2.43. The molecule has 6 aromatic rings. The van der Waals surface area contributed by atoms with E-state index in [0.717, 1.165) is 29.0 Å². The molecular weight excluding hydrogens is 815 g/mol. The highest BCUT2D eigenvalue weighted by molar-refractivity contribution is 7.24. The fourth-order valence-corrected chi connectivity index (χ4v) is 14.3. The van der Waals surface area contributed by atoms with E-state index in [4.69, 9.17) is 23.4 Å². The summed E-state index contributed by atoms with van der Waals surface area (Å²) in [7, 11) is -0.968. The van der Waals surface area contributed by atoms with E-state index in [0.29, 0.717) is 45.9 Å². The number of carbonyl (C=O) groups excluding carboxylic acids is 1. The molecule has 0 aliphatic heterocycles. The van der Waals surface area contributed by atoms with Crippen molar-refractivity contribution in [1.82, 2.24) is 4.90 Å². The highest BCUT2D eigenvalue weighted by Crippen LogP contribution is 2.41. The van der Waals surface area contributed by atoms with Gasteiger partial charge in [0, 0.05) is 39.3 Å². The van der Waals surface area contributed by atoms with E-state index >= 15 is 0 Å². The fourth-order valence-electron chi connectivity index (χ4n) is 7.53. The van der Waals surface area contributed by atoms with Gasteiger partial charge in [-0.15, -0.1) is 22.7 Å². The van der Waals surface area contributed by atoms with Crippen LogP contribution in [0.2, 0.25) is 5.04 Å². The second-order valence-corrected chi connectivity index (χ2v) is 23.9. The lowest BCUT2D eigenvalue weighted by molar-refractivity contribution is 0.0200. The minimum Gasteiger partial charge on any atom is -0.497 e. The molecule has 0 radical (unpaired) electrons. The first-order chi connectivity index (χ1) is 29.3. The number of aryl methyl sites for hydroxylation is 1. The number of rotatable bonds is 19. The largest absolute Gasteiger partial charge is 0.497 e. The summed E-state index contributed by atoms with van der Waals surface area (Å²) in [6, 6.07) is 44.6. The van der Waals surface area contributed by atoms with Crippen LogP contribution >= 0.6 is 22.7 Å². The number of benzene rings is 4. The quantitative estimate of drug-likeness (QED) is 0.0597. The van der Waals surface area contributed by atoms with Gasteiger partial charge in [-0.1, -0.05) is 93.6 Å². The Kier molecular flexibility index (Phi) is 15.7. The number of amides is 1. The van der Waals surface area contributed by atoms with E-state index in [2.05, 4.69) is 119 Å². The number of ether oxygens (including phenoxy) is 4. The molecule has 10 heteroatoms. The lowest BCUT2D eigenvalue weighted by Crippen LogP contribution is -2.66. The molecule has 0 bridgehead atoms. The van der Waals surface area contributed by atoms with Gasteiger partial charge in [-0.3, -0.25) is 0 Å². The third-order valence-corrected chi connectivity index (χ3v) is 17.9. The Balaban J connectivity index is 1.05. The Bertz CT molecular complexity index is 2220. The van der Waals surface area contributed by atoms with Gasteiger partial charge in [0.1, 0.15) is 23.7 Å². The molecule has 1 amide bonds. The average Bonchev–Trinajstić information content (AvgIpc) is 3.88. The van der Waals surface area contributed by atoms with Crippen molar-refractivity contribution in [3.05, 3.63) is 143 Å². The van der Waals surface area contributed by atoms with Crippen molar-refractivity contribution in [3.63, 3.8) is 0 Å². The van der Waals surface area contributed by atoms with Crippen molar-refractivity contribution in [2.45, 2.75) is 78.6 Å². The van der Waals surface area contributed by atoms with Gasteiger partial charge >= 0.3 is 6.09 Å². The van der Waals surface area contributed by atoms with Crippen molar-refractivity contribution in [1.29, 1.82) is 0 Å². The molecule has 0 atom stereocenters. The molecule has 7 nitrogen and oxygen atoms in total. The minimum absolute atomic E-state index is 0.0674. The summed E-state index contributed by atoms with van der Waals surface area (Å²) in [5.74, 6) is 1.57. The van der Waals surface area contributed by atoms with Gasteiger partial charge in [0.2, 0.25) is 0 Å². The molecule has 0 fully saturated rings. The predicted molar refractivity (Wildman–Crippen MR) is 256 cm³/mol. The summed E-state index contributed by atoms with van der Waals surface area (Å²) >= 11 is 3.67. The smallest absolute Gasteiger partial charge is 0.410 e. The third kappa shape index (κ3) is 12.2. The van der Waals surface area contributed by atoms with Crippen LogP contribution in [0.3, 0.4) is 0 Å². The normalized spacial score (nSPS) is 12.0. The fraction of sp³-hybridized carbons (Fsp3) is 0.353. The zero-order valence-corrected chi connectivity index (χ0v) is 39.6. The second-order valence-electron chi connectivity index (χ2n) is 17.2. The molecule has 2 heterocycles. The first-order valence-electron chi connectivity index (χ1n) is 21.1. The highest BCUT2D eigenvalue weighted by atomic mass is 32.1. The van der Waals surface area contributed by atoms with Gasteiger partial charge in [0.15, 0.2) is 0 Å². The van der Waals surface area contributed by atoms with Gasteiger partial charge in [0.05, 0.1) is 20.3 Å². The molecule has 0 unspecified atom stereocenters. The zero-order chi connectivity index (χ0) is 43.5. The number of thiophene rings is 2. The van der Waals surface area contributed by atoms with Gasteiger partial charge < -0.3 is 28.3 Å². The van der Waals surface area contributed by atoms with Crippen molar-refractivity contribution < 1.29 is 28.2 Å². The second kappa shape index (κ2) is 20.9. The van der Waals surface area contributed by atoms with Gasteiger partial charge in [-0.05, 0) is 127 Å². The topological polar surface area (TPSA) is 66.5 Å². The monoisotopic (exact) mass is 875 g/mol. The Morgan fingerprint density at radius 3 is 1.92 bits per heavy atom. The summed E-state index contributed by atoms with van der Waals surface area (Å²) in [5.41, 5.74) is 2.94. The van der Waals surface area contributed by atoms with Crippen LogP contribution in [-0.2, 0) is 26.9 Å². The van der Waals surface area contributed by atoms with Crippen molar-refractivity contribution in [3.8, 4) is 31.7 Å². The van der Waals surface area contributed by atoms with Crippen molar-refractivity contribution >= 4 is 47.5 Å². The van der Waals surface area contributed by atoms with Crippen LogP contribution in [0, 0.1) is 6.92 Å². The molecule has 322 valence electrons. The first-order valence-corrected chi connectivity index (χ1v) is 24.7. The van der Waals surface area contributed by atoms with E-state index in [-0.39, 0.29) is 11.1 Å². The maximum atomic E-state index is 13.1. The lowest BCUT2D eigenvalue weighted by atomic mass is 10.1. The summed E-state index contributed by atoms with van der Waals surface area (Å²) in [6.07, 6.45) is 1.16. The van der Waals surface area contributed by atoms with Crippen molar-refractivity contribution in [2.24, 2.45) is 0 Å². The number of methoxy groups -OCH3 is 1. The zero-order valence-electron chi connectivity index (χ0n) is 37.0. The summed E-state index contributed by atoms with van der Waals surface area (Å²) in [6.45, 7) is 17.7. The SMILES string of the molecule is COc1ccc(COCCCN(CCOc2ccc(-c3ccc(-c4sc(C)cc4CCO[Si](c4ccccc4)(c4ccccc4)C(C)(C)C)s3)cc2)C(=O)OC(C)(C)C)cc1. The Labute approximate surface area is 372 Å². The third-order valence-electron chi connectivity index (χ3n) is 10.4. The van der Waals surface area contributed by atoms with Gasteiger partial charge in [-0.25, -0.2) is 4.79 Å². The maximum absolute atomic E-state index is 13.1. The van der Waals surface area contributed by atoms with Crippen LogP contribution in [0.5, 0.6) is 11.5 Å². The molecule has 6 rings (SSSR count). The molecular formula is C51H61NO6S2Si. The Morgan fingerprint density at radius 1 is 0.689 bits per heavy atom. The van der Waals surface area contributed by atoms with E-state index in [9.17, 15) is 4.79 Å². The number of nitrogens with zero attached hydrogens (tertiary/aromatic N) is 1. The predicted octanol–water partition coefficient (Wildman–Crippen LogP) is 11.8. The molecule has 0 aliphatic carbocycles. The molecule has 0 saturated carbocycles. The molecule has 61 heavy (non-hydrogen) atoms. The van der Waals surface area contributed by atoms with E-state index in [1.807, 2.05) is 79.8 Å². The summed E-state index contributed by atoms with van der Waals surface area (Å²) in [5, 5.41) is 2.54. The molecule has 0 saturated heterocycles. The molecule has 0 aliphatic rings. The highest BCUT2D eigenvalue weighted by Gasteiger charge is 2.50. The Morgan fingerprint density at radius 2 is 1.31 bits per heavy atom. The van der Waals surface area contributed by atoms with Crippen LogP contribution in [0.15, 0.2) is 127 Å². The number of carbonyl (C=O) groups is 1. The summed E-state index contributed by atoms with van der Waals surface area (Å²) in [4.78, 5) is 19.9. The van der Waals surface area contributed by atoms with Gasteiger partial charge in [-0.2, -0.15) is 0 Å². The van der Waals surface area contributed by atoms with Crippen LogP contribution in [0.1, 0.15) is 64.0 Å². The van der Waals surface area contributed by atoms with E-state index in [1.165, 1.54) is 35.4 Å². The molecule has 0 spiro atoms. The van der Waals surface area contributed by atoms with Crippen LogP contribution < -0.4 is 19.8 Å².